The fourth-order valence-corrected chi connectivity index (χ4v) is 1.45. The second kappa shape index (κ2) is 4.24. The van der Waals surface area contributed by atoms with Crippen LogP contribution >= 0.6 is 0 Å². The summed E-state index contributed by atoms with van der Waals surface area (Å²) in [6.45, 7) is 10.00. The molecule has 72 valence electrons. The van der Waals surface area contributed by atoms with Crippen molar-refractivity contribution in [2.45, 2.75) is 39.2 Å². The van der Waals surface area contributed by atoms with Gasteiger partial charge >= 0.3 is 0 Å². The van der Waals surface area contributed by atoms with E-state index in [9.17, 15) is 0 Å². The molecule has 0 aromatic heterocycles. The van der Waals surface area contributed by atoms with Gasteiger partial charge in [0.05, 0.1) is 0 Å². The van der Waals surface area contributed by atoms with Crippen molar-refractivity contribution in [3.05, 3.63) is 0 Å². The van der Waals surface area contributed by atoms with Gasteiger partial charge in [0.25, 0.3) is 0 Å². The maximum atomic E-state index is 3.51. The van der Waals surface area contributed by atoms with Crippen molar-refractivity contribution in [1.82, 2.24) is 10.6 Å². The Morgan fingerprint density at radius 1 is 1.33 bits per heavy atom. The van der Waals surface area contributed by atoms with Crippen LogP contribution in [0.1, 0.15) is 33.6 Å². The summed E-state index contributed by atoms with van der Waals surface area (Å²) in [7, 11) is 0. The van der Waals surface area contributed by atoms with E-state index in [2.05, 4.69) is 31.4 Å². The summed E-state index contributed by atoms with van der Waals surface area (Å²) in [5.41, 5.74) is 0.254. The lowest BCUT2D eigenvalue weighted by Crippen LogP contribution is -2.47. The topological polar surface area (TPSA) is 24.1 Å². The van der Waals surface area contributed by atoms with E-state index in [0.717, 1.165) is 19.0 Å². The van der Waals surface area contributed by atoms with Gasteiger partial charge in [-0.2, -0.15) is 0 Å². The second-order valence-electron chi connectivity index (χ2n) is 4.49. The van der Waals surface area contributed by atoms with Crippen molar-refractivity contribution in [3.63, 3.8) is 0 Å². The SMILES string of the molecule is CCNC(C)(C)CNCC1CC1. The average molecular weight is 170 g/mol. The molecule has 2 N–H and O–H groups in total. The molecule has 12 heavy (non-hydrogen) atoms. The second-order valence-corrected chi connectivity index (χ2v) is 4.49. The van der Waals surface area contributed by atoms with Crippen molar-refractivity contribution >= 4 is 0 Å². The van der Waals surface area contributed by atoms with Gasteiger partial charge in [-0.15, -0.1) is 0 Å². The highest BCUT2D eigenvalue weighted by molar-refractivity contribution is 4.82. The maximum Gasteiger partial charge on any atom is 0.0249 e. The minimum atomic E-state index is 0.254. The third-order valence-electron chi connectivity index (χ3n) is 2.35. The Bertz CT molecular complexity index is 128. The van der Waals surface area contributed by atoms with E-state index in [1.165, 1.54) is 19.4 Å². The zero-order valence-electron chi connectivity index (χ0n) is 8.61. The van der Waals surface area contributed by atoms with Crippen LogP contribution in [0.4, 0.5) is 0 Å². The molecule has 1 rings (SSSR count). The van der Waals surface area contributed by atoms with Crippen LogP contribution in [0.15, 0.2) is 0 Å². The molecule has 1 fully saturated rings. The summed E-state index contributed by atoms with van der Waals surface area (Å²) in [6.07, 6.45) is 2.88. The third-order valence-corrected chi connectivity index (χ3v) is 2.35. The highest BCUT2D eigenvalue weighted by Gasteiger charge is 2.22. The van der Waals surface area contributed by atoms with E-state index in [1.54, 1.807) is 0 Å². The van der Waals surface area contributed by atoms with Crippen molar-refractivity contribution in [1.29, 1.82) is 0 Å². The standard InChI is InChI=1S/C10H22N2/c1-4-12-10(2,3)8-11-7-9-5-6-9/h9,11-12H,4-8H2,1-3H3. The zero-order valence-corrected chi connectivity index (χ0v) is 8.61. The van der Waals surface area contributed by atoms with Crippen LogP contribution in [-0.4, -0.2) is 25.2 Å². The van der Waals surface area contributed by atoms with Crippen molar-refractivity contribution in [2.75, 3.05) is 19.6 Å². The molecule has 0 unspecified atom stereocenters. The van der Waals surface area contributed by atoms with Crippen LogP contribution in [0.5, 0.6) is 0 Å². The summed E-state index contributed by atoms with van der Waals surface area (Å²) in [5.74, 6) is 0.988. The van der Waals surface area contributed by atoms with Crippen molar-refractivity contribution in [3.8, 4) is 0 Å². The molecular formula is C10H22N2. The Morgan fingerprint density at radius 3 is 2.50 bits per heavy atom. The van der Waals surface area contributed by atoms with Gasteiger partial charge in [-0.3, -0.25) is 0 Å². The van der Waals surface area contributed by atoms with E-state index in [4.69, 9.17) is 0 Å². The van der Waals surface area contributed by atoms with Crippen LogP contribution in [0.25, 0.3) is 0 Å². The van der Waals surface area contributed by atoms with Gasteiger partial charge in [-0.05, 0) is 45.7 Å². The Balaban J connectivity index is 2.01. The van der Waals surface area contributed by atoms with Gasteiger partial charge in [-0.25, -0.2) is 0 Å². The van der Waals surface area contributed by atoms with Gasteiger partial charge in [0.15, 0.2) is 0 Å². The van der Waals surface area contributed by atoms with Gasteiger partial charge in [0, 0.05) is 12.1 Å². The Labute approximate surface area is 76.1 Å². The molecule has 0 aromatic carbocycles. The van der Waals surface area contributed by atoms with E-state index in [-0.39, 0.29) is 5.54 Å². The molecule has 1 saturated carbocycles. The number of nitrogens with one attached hydrogen (secondary N) is 2. The van der Waals surface area contributed by atoms with E-state index in [0.29, 0.717) is 0 Å². The first-order chi connectivity index (χ1) is 5.64. The molecule has 0 saturated heterocycles. The van der Waals surface area contributed by atoms with Gasteiger partial charge in [-0.1, -0.05) is 6.92 Å². The largest absolute Gasteiger partial charge is 0.315 e. The molecule has 0 radical (unpaired) electrons. The molecule has 2 heteroatoms. The molecule has 0 spiro atoms. The minimum Gasteiger partial charge on any atom is -0.315 e. The van der Waals surface area contributed by atoms with E-state index >= 15 is 0 Å². The minimum absolute atomic E-state index is 0.254. The molecule has 1 aliphatic carbocycles. The predicted octanol–water partition coefficient (Wildman–Crippen LogP) is 1.37. The van der Waals surface area contributed by atoms with Crippen molar-refractivity contribution < 1.29 is 0 Å². The summed E-state index contributed by atoms with van der Waals surface area (Å²) in [4.78, 5) is 0. The molecule has 0 aliphatic heterocycles. The molecule has 0 atom stereocenters. The lowest BCUT2D eigenvalue weighted by Gasteiger charge is -2.26. The summed E-state index contributed by atoms with van der Waals surface area (Å²) < 4.78 is 0. The fourth-order valence-electron chi connectivity index (χ4n) is 1.45. The first-order valence-electron chi connectivity index (χ1n) is 5.10. The van der Waals surface area contributed by atoms with E-state index < -0.39 is 0 Å². The first kappa shape index (κ1) is 10.0. The molecule has 0 amide bonds. The number of hydrogen-bond donors (Lipinski definition) is 2. The third kappa shape index (κ3) is 4.07. The monoisotopic (exact) mass is 170 g/mol. The predicted molar refractivity (Wildman–Crippen MR) is 53.3 cm³/mol. The summed E-state index contributed by atoms with van der Waals surface area (Å²) in [5, 5.41) is 6.96. The maximum absolute atomic E-state index is 3.51. The van der Waals surface area contributed by atoms with Crippen LogP contribution in [0.3, 0.4) is 0 Å². The zero-order chi connectivity index (χ0) is 9.03. The van der Waals surface area contributed by atoms with Crippen LogP contribution in [0, 0.1) is 5.92 Å². The number of hydrogen-bond acceptors (Lipinski definition) is 2. The van der Waals surface area contributed by atoms with Crippen molar-refractivity contribution in [2.24, 2.45) is 5.92 Å². The molecular weight excluding hydrogens is 148 g/mol. The summed E-state index contributed by atoms with van der Waals surface area (Å²) >= 11 is 0. The van der Waals surface area contributed by atoms with Crippen LogP contribution < -0.4 is 10.6 Å². The normalized spacial score (nSPS) is 18.2. The van der Waals surface area contributed by atoms with Gasteiger partial charge in [0.1, 0.15) is 0 Å². The highest BCUT2D eigenvalue weighted by Crippen LogP contribution is 2.27. The molecule has 1 aliphatic rings. The van der Waals surface area contributed by atoms with Crippen LogP contribution in [0.2, 0.25) is 0 Å². The molecule has 0 bridgehead atoms. The fraction of sp³-hybridized carbons (Fsp3) is 1.00. The molecule has 2 nitrogen and oxygen atoms in total. The Morgan fingerprint density at radius 2 is 2.00 bits per heavy atom. The number of likely N-dealkylation sites (N-methyl/N-ethyl adjacent to an activating group) is 1. The first-order valence-corrected chi connectivity index (χ1v) is 5.10. The van der Waals surface area contributed by atoms with Gasteiger partial charge in [0.2, 0.25) is 0 Å². The Hall–Kier alpha value is -0.0800. The smallest absolute Gasteiger partial charge is 0.0249 e. The Kier molecular flexibility index (Phi) is 3.53. The van der Waals surface area contributed by atoms with E-state index in [1.807, 2.05) is 0 Å². The lowest BCUT2D eigenvalue weighted by molar-refractivity contribution is 0.371. The van der Waals surface area contributed by atoms with Gasteiger partial charge < -0.3 is 10.6 Å². The van der Waals surface area contributed by atoms with Crippen LogP contribution in [-0.2, 0) is 0 Å². The average Bonchev–Trinajstić information content (AvgIpc) is 2.70. The quantitative estimate of drug-likeness (QED) is 0.629. The summed E-state index contributed by atoms with van der Waals surface area (Å²) in [6, 6.07) is 0. The molecule has 0 aromatic rings. The lowest BCUT2D eigenvalue weighted by atomic mass is 10.1. The number of rotatable bonds is 6. The molecule has 0 heterocycles. The highest BCUT2D eigenvalue weighted by atomic mass is 15.0.